The van der Waals surface area contributed by atoms with Crippen molar-refractivity contribution in [3.63, 3.8) is 0 Å². The molecule has 1 unspecified atom stereocenters. The van der Waals surface area contributed by atoms with Crippen molar-refractivity contribution in [3.8, 4) is 0 Å². The summed E-state index contributed by atoms with van der Waals surface area (Å²) in [5.74, 6) is -1.59. The molecule has 0 heterocycles. The van der Waals surface area contributed by atoms with E-state index in [2.05, 4.69) is 9.71 Å². The maximum Gasteiger partial charge on any atom is 0.408 e. The number of ether oxygens (including phenoxy) is 1. The van der Waals surface area contributed by atoms with Gasteiger partial charge in [0.2, 0.25) is 0 Å². The molecule has 0 radical (unpaired) electrons. The number of alkyl carbamates (subject to hydrolysis) is 1. The van der Waals surface area contributed by atoms with Crippen molar-refractivity contribution in [2.24, 2.45) is 4.40 Å². The lowest BCUT2D eigenvalue weighted by Crippen LogP contribution is -2.43. The number of nitrogens with zero attached hydrogens (tertiary/aromatic N) is 1. The lowest BCUT2D eigenvalue weighted by molar-refractivity contribution is 0.0521. The highest BCUT2D eigenvalue weighted by Gasteiger charge is 2.30. The summed E-state index contributed by atoms with van der Waals surface area (Å²) in [6, 6.07) is 2.11. The molecule has 1 aromatic rings. The summed E-state index contributed by atoms with van der Waals surface area (Å²) in [7, 11) is 0. The molecule has 5 nitrogen and oxygen atoms in total. The van der Waals surface area contributed by atoms with E-state index in [1.54, 1.807) is 48.5 Å². The third kappa shape index (κ3) is 7.29. The van der Waals surface area contributed by atoms with Crippen LogP contribution in [0.3, 0.4) is 0 Å². The first-order chi connectivity index (χ1) is 11.7. The molecule has 1 amide bonds. The molecule has 1 N–H and O–H groups in total. The minimum absolute atomic E-state index is 0.0996. The molecule has 0 aliphatic rings. The van der Waals surface area contributed by atoms with Crippen LogP contribution in [0.1, 0.15) is 54.0 Å². The van der Waals surface area contributed by atoms with Crippen molar-refractivity contribution < 1.29 is 22.9 Å². The average molecular weight is 388 g/mol. The standard InChI is InChI=1S/C18H26F2N2O3S/c1-11(21-16(23)25-17(2,3)4)15(22-26(24)18(5,6)7)12-8-13(19)10-14(20)9-12/h8-11H,1-7H3,(H,21,23)/t11-,26?/m0/s1. The first-order valence-corrected chi connectivity index (χ1v) is 9.26. The predicted molar refractivity (Wildman–Crippen MR) is 99.6 cm³/mol. The summed E-state index contributed by atoms with van der Waals surface area (Å²) in [5, 5.41) is 2.56. The van der Waals surface area contributed by atoms with Gasteiger partial charge in [0.15, 0.2) is 0 Å². The van der Waals surface area contributed by atoms with Gasteiger partial charge in [-0.15, -0.1) is 0 Å². The molecular formula is C18H26F2N2O3S. The van der Waals surface area contributed by atoms with E-state index in [9.17, 15) is 18.1 Å². The SMILES string of the molecule is C[C@H](NC(=O)OC(C)(C)C)C(=N[S+]([O-])C(C)(C)C)c1cc(F)cc(F)c1. The van der Waals surface area contributed by atoms with Gasteiger partial charge in [-0.1, -0.05) is 4.40 Å². The third-order valence-electron chi connectivity index (χ3n) is 3.01. The number of carbonyl (C=O) groups excluding carboxylic acids is 1. The van der Waals surface area contributed by atoms with Crippen molar-refractivity contribution in [2.75, 3.05) is 0 Å². The van der Waals surface area contributed by atoms with E-state index in [0.29, 0.717) is 0 Å². The van der Waals surface area contributed by atoms with Crippen LogP contribution in [0.15, 0.2) is 22.6 Å². The van der Waals surface area contributed by atoms with Gasteiger partial charge in [0.1, 0.15) is 39.1 Å². The quantitative estimate of drug-likeness (QED) is 0.623. The predicted octanol–water partition coefficient (Wildman–Crippen LogP) is 4.13. The number of carbonyl (C=O) groups is 1. The van der Waals surface area contributed by atoms with E-state index in [1.165, 1.54) is 0 Å². The Labute approximate surface area is 156 Å². The number of rotatable bonds is 4. The van der Waals surface area contributed by atoms with Crippen LogP contribution >= 0.6 is 0 Å². The van der Waals surface area contributed by atoms with Crippen molar-refractivity contribution in [2.45, 2.75) is 64.9 Å². The molecular weight excluding hydrogens is 362 g/mol. The van der Waals surface area contributed by atoms with Crippen LogP contribution in [0, 0.1) is 11.6 Å². The molecule has 0 saturated carbocycles. The Hall–Kier alpha value is -1.67. The Morgan fingerprint density at radius 1 is 1.15 bits per heavy atom. The zero-order valence-electron chi connectivity index (χ0n) is 16.1. The molecule has 26 heavy (non-hydrogen) atoms. The Kier molecular flexibility index (Phi) is 7.18. The van der Waals surface area contributed by atoms with Crippen LogP contribution < -0.4 is 5.32 Å². The van der Waals surface area contributed by atoms with Gasteiger partial charge in [-0.05, 0) is 60.6 Å². The largest absolute Gasteiger partial charge is 0.591 e. The van der Waals surface area contributed by atoms with Crippen molar-refractivity contribution in [1.82, 2.24) is 5.32 Å². The number of hydrogen-bond acceptors (Lipinski definition) is 4. The molecule has 0 aliphatic carbocycles. The zero-order valence-corrected chi connectivity index (χ0v) is 17.0. The van der Waals surface area contributed by atoms with Crippen LogP contribution in [0.5, 0.6) is 0 Å². The number of halogens is 2. The van der Waals surface area contributed by atoms with Crippen LogP contribution in [0.4, 0.5) is 13.6 Å². The fourth-order valence-corrected chi connectivity index (χ4v) is 2.58. The third-order valence-corrected chi connectivity index (χ3v) is 4.42. The fraction of sp³-hybridized carbons (Fsp3) is 0.556. The molecule has 0 aliphatic heterocycles. The monoisotopic (exact) mass is 388 g/mol. The first-order valence-electron chi connectivity index (χ1n) is 8.15. The van der Waals surface area contributed by atoms with E-state index < -0.39 is 45.5 Å². The number of amides is 1. The molecule has 0 saturated heterocycles. The zero-order chi connectivity index (χ0) is 20.3. The molecule has 0 aromatic heterocycles. The smallest absolute Gasteiger partial charge is 0.408 e. The minimum atomic E-state index is -1.68. The highest BCUT2D eigenvalue weighted by molar-refractivity contribution is 7.91. The summed E-state index contributed by atoms with van der Waals surface area (Å²) in [4.78, 5) is 12.0. The maximum absolute atomic E-state index is 13.6. The molecule has 0 bridgehead atoms. The number of nitrogens with one attached hydrogen (secondary N) is 1. The van der Waals surface area contributed by atoms with Crippen LogP contribution in [-0.2, 0) is 16.1 Å². The van der Waals surface area contributed by atoms with Gasteiger partial charge < -0.3 is 14.6 Å². The second-order valence-corrected chi connectivity index (χ2v) is 9.77. The lowest BCUT2D eigenvalue weighted by Gasteiger charge is -2.24. The lowest BCUT2D eigenvalue weighted by atomic mass is 10.0. The van der Waals surface area contributed by atoms with E-state index >= 15 is 0 Å². The van der Waals surface area contributed by atoms with Gasteiger partial charge in [0.05, 0.1) is 6.04 Å². The molecule has 1 aromatic carbocycles. The fourth-order valence-electron chi connectivity index (χ4n) is 1.86. The van der Waals surface area contributed by atoms with Gasteiger partial charge >= 0.3 is 6.09 Å². The van der Waals surface area contributed by atoms with Crippen molar-refractivity contribution in [3.05, 3.63) is 35.4 Å². The van der Waals surface area contributed by atoms with E-state index in [4.69, 9.17) is 4.74 Å². The summed E-state index contributed by atoms with van der Waals surface area (Å²) in [5.41, 5.74) is -0.508. The van der Waals surface area contributed by atoms with Gasteiger partial charge in [-0.3, -0.25) is 0 Å². The molecule has 146 valence electrons. The van der Waals surface area contributed by atoms with Crippen LogP contribution in [-0.4, -0.2) is 32.7 Å². The Balaban J connectivity index is 3.23. The Bertz CT molecular complexity index is 662. The highest BCUT2D eigenvalue weighted by atomic mass is 32.2. The molecule has 0 spiro atoms. The van der Waals surface area contributed by atoms with Gasteiger partial charge in [0, 0.05) is 11.6 Å². The number of hydrogen-bond donors (Lipinski definition) is 1. The Morgan fingerprint density at radius 2 is 1.65 bits per heavy atom. The van der Waals surface area contributed by atoms with E-state index in [0.717, 1.165) is 18.2 Å². The molecule has 2 atom stereocenters. The average Bonchev–Trinajstić information content (AvgIpc) is 2.39. The Morgan fingerprint density at radius 3 is 2.08 bits per heavy atom. The summed E-state index contributed by atoms with van der Waals surface area (Å²) >= 11 is -1.68. The molecule has 1 rings (SSSR count). The van der Waals surface area contributed by atoms with Gasteiger partial charge in [-0.2, -0.15) is 0 Å². The van der Waals surface area contributed by atoms with Gasteiger partial charge in [-0.25, -0.2) is 13.6 Å². The highest BCUT2D eigenvalue weighted by Crippen LogP contribution is 2.20. The summed E-state index contributed by atoms with van der Waals surface area (Å²) in [6.45, 7) is 11.9. The summed E-state index contributed by atoms with van der Waals surface area (Å²) < 4.78 is 48.3. The second kappa shape index (κ2) is 8.35. The van der Waals surface area contributed by atoms with Crippen molar-refractivity contribution in [1.29, 1.82) is 0 Å². The number of benzene rings is 1. The van der Waals surface area contributed by atoms with E-state index in [1.807, 2.05) is 0 Å². The first kappa shape index (κ1) is 22.4. The minimum Gasteiger partial charge on any atom is -0.591 e. The van der Waals surface area contributed by atoms with Gasteiger partial charge in [0.25, 0.3) is 0 Å². The molecule has 0 fully saturated rings. The van der Waals surface area contributed by atoms with E-state index in [-0.39, 0.29) is 11.3 Å². The van der Waals surface area contributed by atoms with Crippen LogP contribution in [0.25, 0.3) is 0 Å². The molecule has 8 heteroatoms. The van der Waals surface area contributed by atoms with Crippen LogP contribution in [0.2, 0.25) is 0 Å². The normalized spacial score (nSPS) is 15.4. The second-order valence-electron chi connectivity index (χ2n) is 7.86. The maximum atomic E-state index is 13.6. The topological polar surface area (TPSA) is 73.8 Å². The summed E-state index contributed by atoms with van der Waals surface area (Å²) in [6.07, 6.45) is -0.712. The van der Waals surface area contributed by atoms with Crippen molar-refractivity contribution >= 4 is 23.2 Å².